The van der Waals surface area contributed by atoms with Crippen molar-refractivity contribution in [1.82, 2.24) is 10.2 Å². The summed E-state index contributed by atoms with van der Waals surface area (Å²) in [7, 11) is 0. The van der Waals surface area contributed by atoms with Crippen molar-refractivity contribution in [3.8, 4) is 0 Å². The summed E-state index contributed by atoms with van der Waals surface area (Å²) in [6.07, 6.45) is 0.824. The van der Waals surface area contributed by atoms with Crippen molar-refractivity contribution in [2.45, 2.75) is 19.5 Å². The third-order valence-electron chi connectivity index (χ3n) is 5.37. The fourth-order valence-corrected chi connectivity index (χ4v) is 3.94. The van der Waals surface area contributed by atoms with Gasteiger partial charge in [-0.1, -0.05) is 72.3 Å². The number of hydrogen-bond acceptors (Lipinski definition) is 2. The van der Waals surface area contributed by atoms with Gasteiger partial charge in [0.25, 0.3) is 0 Å². The van der Waals surface area contributed by atoms with Gasteiger partial charge in [0, 0.05) is 31.2 Å². The molecule has 1 heterocycles. The summed E-state index contributed by atoms with van der Waals surface area (Å²) in [4.78, 5) is 29.3. The molecule has 0 atom stereocenters. The highest BCUT2D eigenvalue weighted by molar-refractivity contribution is 6.31. The minimum Gasteiger partial charge on any atom is -0.334 e. The first kappa shape index (κ1) is 21.7. The molecule has 0 spiro atoms. The van der Waals surface area contributed by atoms with Crippen LogP contribution in [0, 0.1) is 0 Å². The van der Waals surface area contributed by atoms with E-state index < -0.39 is 0 Å². The van der Waals surface area contributed by atoms with Crippen molar-refractivity contribution in [2.75, 3.05) is 23.3 Å². The van der Waals surface area contributed by atoms with Crippen LogP contribution in [0.4, 0.5) is 21.0 Å². The highest BCUT2D eigenvalue weighted by Crippen LogP contribution is 2.29. The van der Waals surface area contributed by atoms with Crippen molar-refractivity contribution >= 4 is 35.0 Å². The van der Waals surface area contributed by atoms with Crippen LogP contribution in [0.15, 0.2) is 78.9 Å². The predicted octanol–water partition coefficient (Wildman–Crippen LogP) is 5.49. The summed E-state index contributed by atoms with van der Waals surface area (Å²) < 4.78 is 0. The Balaban J connectivity index is 1.45. The lowest BCUT2D eigenvalue weighted by molar-refractivity contribution is 0.192. The van der Waals surface area contributed by atoms with Gasteiger partial charge in [-0.05, 0) is 35.7 Å². The van der Waals surface area contributed by atoms with E-state index in [0.29, 0.717) is 42.6 Å². The Bertz CT molecular complexity index is 1090. The Morgan fingerprint density at radius 3 is 2.44 bits per heavy atom. The van der Waals surface area contributed by atoms with Crippen molar-refractivity contribution in [2.24, 2.45) is 0 Å². The van der Waals surface area contributed by atoms with Gasteiger partial charge in [0.2, 0.25) is 0 Å². The van der Waals surface area contributed by atoms with E-state index in [9.17, 15) is 9.59 Å². The van der Waals surface area contributed by atoms with Crippen LogP contribution in [-0.2, 0) is 13.1 Å². The monoisotopic (exact) mass is 448 g/mol. The number of carbonyl (C=O) groups excluding carboxylic acids is 2. The molecule has 0 unspecified atom stereocenters. The van der Waals surface area contributed by atoms with Crippen LogP contribution < -0.4 is 15.5 Å². The summed E-state index contributed by atoms with van der Waals surface area (Å²) in [5, 5.41) is 6.39. The van der Waals surface area contributed by atoms with Crippen LogP contribution in [0.5, 0.6) is 0 Å². The number of nitrogens with one attached hydrogen (secondary N) is 2. The fraction of sp³-hybridized carbons (Fsp3) is 0.200. The van der Waals surface area contributed by atoms with Crippen molar-refractivity contribution in [3.63, 3.8) is 0 Å². The first-order chi connectivity index (χ1) is 15.6. The van der Waals surface area contributed by atoms with Gasteiger partial charge >= 0.3 is 12.1 Å². The third-order valence-corrected chi connectivity index (χ3v) is 5.74. The first-order valence-electron chi connectivity index (χ1n) is 10.6. The smallest absolute Gasteiger partial charge is 0.324 e. The highest BCUT2D eigenvalue weighted by Gasteiger charge is 2.28. The average Bonchev–Trinajstić information content (AvgIpc) is 2.82. The molecule has 32 heavy (non-hydrogen) atoms. The molecule has 4 amide bonds. The zero-order valence-corrected chi connectivity index (χ0v) is 18.4. The molecule has 4 rings (SSSR count). The number of halogens is 1. The van der Waals surface area contributed by atoms with Crippen LogP contribution in [0.3, 0.4) is 0 Å². The van der Waals surface area contributed by atoms with E-state index in [0.717, 1.165) is 17.5 Å². The summed E-state index contributed by atoms with van der Waals surface area (Å²) >= 11 is 6.30. The second kappa shape index (κ2) is 10.2. The summed E-state index contributed by atoms with van der Waals surface area (Å²) in [6, 6.07) is 24.2. The minimum absolute atomic E-state index is 0.102. The van der Waals surface area contributed by atoms with Gasteiger partial charge in [0.1, 0.15) is 0 Å². The molecule has 3 aromatic rings. The van der Waals surface area contributed by atoms with E-state index in [2.05, 4.69) is 10.6 Å². The Hall–Kier alpha value is -3.51. The van der Waals surface area contributed by atoms with Gasteiger partial charge in [-0.15, -0.1) is 0 Å². The van der Waals surface area contributed by atoms with Gasteiger partial charge in [-0.2, -0.15) is 0 Å². The number of rotatable bonds is 6. The molecule has 0 saturated carbocycles. The van der Waals surface area contributed by atoms with Gasteiger partial charge in [-0.3, -0.25) is 4.90 Å². The average molecular weight is 449 g/mol. The maximum atomic E-state index is 13.3. The van der Waals surface area contributed by atoms with E-state index in [1.54, 1.807) is 15.9 Å². The quantitative estimate of drug-likeness (QED) is 0.523. The lowest BCUT2D eigenvalue weighted by Crippen LogP contribution is -2.49. The highest BCUT2D eigenvalue weighted by atomic mass is 35.5. The standard InChI is InChI=1S/C25H25ClN4O2/c26-21-12-5-4-11-20(21)18-29-15-8-16-30(25(29)32)23-14-7-6-13-22(23)28-24(31)27-17-19-9-2-1-3-10-19/h1-7,9-14H,8,15-18H2,(H2,27,28,31). The summed E-state index contributed by atoms with van der Waals surface area (Å²) in [6.45, 7) is 2.11. The first-order valence-corrected chi connectivity index (χ1v) is 11.0. The topological polar surface area (TPSA) is 64.7 Å². The summed E-state index contributed by atoms with van der Waals surface area (Å²) in [5.41, 5.74) is 3.19. The molecule has 7 heteroatoms. The Morgan fingerprint density at radius 1 is 0.906 bits per heavy atom. The van der Waals surface area contributed by atoms with E-state index in [1.807, 2.05) is 72.8 Å². The zero-order chi connectivity index (χ0) is 22.3. The van der Waals surface area contributed by atoms with Crippen molar-refractivity contribution in [1.29, 1.82) is 0 Å². The normalized spacial score (nSPS) is 13.7. The van der Waals surface area contributed by atoms with Crippen LogP contribution in [0.1, 0.15) is 17.5 Å². The van der Waals surface area contributed by atoms with Gasteiger partial charge in [0.15, 0.2) is 0 Å². The molecule has 0 bridgehead atoms. The number of carbonyl (C=O) groups is 2. The molecule has 0 aliphatic carbocycles. The maximum absolute atomic E-state index is 13.3. The Kier molecular flexibility index (Phi) is 6.92. The molecule has 6 nitrogen and oxygen atoms in total. The van der Waals surface area contributed by atoms with E-state index in [4.69, 9.17) is 11.6 Å². The largest absolute Gasteiger partial charge is 0.334 e. The number of nitrogens with zero attached hydrogens (tertiary/aromatic N) is 2. The lowest BCUT2D eigenvalue weighted by atomic mass is 10.1. The van der Waals surface area contributed by atoms with E-state index >= 15 is 0 Å². The Morgan fingerprint density at radius 2 is 1.62 bits per heavy atom. The van der Waals surface area contributed by atoms with Gasteiger partial charge in [0.05, 0.1) is 11.4 Å². The second-order valence-electron chi connectivity index (χ2n) is 7.61. The molecule has 2 N–H and O–H groups in total. The fourth-order valence-electron chi connectivity index (χ4n) is 3.74. The van der Waals surface area contributed by atoms with E-state index in [1.165, 1.54) is 0 Å². The van der Waals surface area contributed by atoms with Crippen LogP contribution >= 0.6 is 11.6 Å². The maximum Gasteiger partial charge on any atom is 0.324 e. The van der Waals surface area contributed by atoms with E-state index in [-0.39, 0.29) is 12.1 Å². The van der Waals surface area contributed by atoms with Gasteiger partial charge < -0.3 is 15.5 Å². The molecular formula is C25H25ClN4O2. The number of anilines is 2. The van der Waals surface area contributed by atoms with Crippen LogP contribution in [-0.4, -0.2) is 30.1 Å². The van der Waals surface area contributed by atoms with Crippen LogP contribution in [0.2, 0.25) is 5.02 Å². The number of benzene rings is 3. The molecule has 1 aliphatic heterocycles. The lowest BCUT2D eigenvalue weighted by Gasteiger charge is -2.36. The number of hydrogen-bond donors (Lipinski definition) is 2. The van der Waals surface area contributed by atoms with Crippen LogP contribution in [0.25, 0.3) is 0 Å². The van der Waals surface area contributed by atoms with Gasteiger partial charge in [-0.25, -0.2) is 9.59 Å². The molecule has 1 aliphatic rings. The molecule has 0 radical (unpaired) electrons. The second-order valence-corrected chi connectivity index (χ2v) is 8.02. The number of amides is 4. The zero-order valence-electron chi connectivity index (χ0n) is 17.6. The molecular weight excluding hydrogens is 424 g/mol. The third kappa shape index (κ3) is 5.21. The molecule has 1 fully saturated rings. The molecule has 1 saturated heterocycles. The predicted molar refractivity (Wildman–Crippen MR) is 128 cm³/mol. The molecule has 3 aromatic carbocycles. The SMILES string of the molecule is O=C(NCc1ccccc1)Nc1ccccc1N1CCCN(Cc2ccccc2Cl)C1=O. The minimum atomic E-state index is -0.321. The summed E-state index contributed by atoms with van der Waals surface area (Å²) in [5.74, 6) is 0. The van der Waals surface area contributed by atoms with Crippen molar-refractivity contribution < 1.29 is 9.59 Å². The molecule has 0 aromatic heterocycles. The number of urea groups is 2. The number of para-hydroxylation sites is 2. The Labute approximate surface area is 192 Å². The molecule has 164 valence electrons. The van der Waals surface area contributed by atoms with Crippen molar-refractivity contribution in [3.05, 3.63) is 95.0 Å².